The van der Waals surface area contributed by atoms with Crippen molar-refractivity contribution in [1.29, 1.82) is 0 Å². The predicted octanol–water partition coefficient (Wildman–Crippen LogP) is 14.6. The molecule has 25 rings (SSSR count). The molecule has 25 fully saturated rings. The maximum absolute atomic E-state index is 13.5. The summed E-state index contributed by atoms with van der Waals surface area (Å²) in [5.41, 5.74) is -2.22. The van der Waals surface area contributed by atoms with E-state index < -0.39 is 182 Å². The third kappa shape index (κ3) is 19.7. The molecule has 0 spiro atoms. The van der Waals surface area contributed by atoms with Gasteiger partial charge in [0.05, 0.1) is 48.9 Å². The molecule has 22 bridgehead atoms. The molecule has 3 aliphatic heterocycles. The lowest BCUT2D eigenvalue weighted by Crippen LogP contribution is -2.59. The summed E-state index contributed by atoms with van der Waals surface area (Å²) < 4.78 is 256. The molecule has 0 aromatic heterocycles. The summed E-state index contributed by atoms with van der Waals surface area (Å²) >= 11 is 0. The van der Waals surface area contributed by atoms with Gasteiger partial charge in [0.2, 0.25) is 0 Å². The van der Waals surface area contributed by atoms with Gasteiger partial charge in [0.25, 0.3) is 10.1 Å². The minimum absolute atomic E-state index is 0. The van der Waals surface area contributed by atoms with Gasteiger partial charge in [-0.15, -0.1) is 0 Å². The topological polar surface area (TPSA) is 344 Å². The number of rotatable bonds is 17. The van der Waals surface area contributed by atoms with E-state index >= 15 is 0 Å². The lowest BCUT2D eigenvalue weighted by molar-refractivity contribution is -0.212. The molecule has 22 aliphatic carbocycles. The summed E-state index contributed by atoms with van der Waals surface area (Å²) in [6.07, 6.45) is 19.2. The number of halogens is 14. The van der Waals surface area contributed by atoms with Crippen LogP contribution in [0.4, 0.5) is 61.5 Å². The summed E-state index contributed by atoms with van der Waals surface area (Å²) in [5, 5.41) is 9.95. The molecule has 3 saturated heterocycles. The SMILES string of the molecule is C.CC(F)(F)C(=O)OC12CC3CC(C1)C(=O)C(C3)C2.CC(F)(F)C(=O)OC1C2CC3C(=O)OC1C3C2.CC(F)(F)C(=O)OC1C2CC3C1OC(=O)C3C2C(=O)OC1(C)C2CC3CC(C2)CC1C3.CC(F)(F)C(=O)OC1C2CC3C1OS(=O)(=O)C3C2.CC(F)(F)C(=O)OCC12CC3CC(CC(C3)C1)C2.CC(F)(F)C(=O)OCC12CC3CC(CC(O)(C3)C1)C2.COC(=O)C(C)(F)F. The molecule has 0 aromatic rings. The summed E-state index contributed by atoms with van der Waals surface area (Å²) in [5.74, 6) is -33.0. The Hall–Kier alpha value is -6.74. The van der Waals surface area contributed by atoms with Gasteiger partial charge in [-0.2, -0.15) is 69.9 Å². The van der Waals surface area contributed by atoms with E-state index in [9.17, 15) is 128 Å². The Morgan fingerprint density at radius 3 is 1.28 bits per heavy atom. The first kappa shape index (κ1) is 99.2. The molecule has 25 aliphatic rings. The molecule has 130 heavy (non-hydrogen) atoms. The Balaban J connectivity index is 0.000000125. The van der Waals surface area contributed by atoms with E-state index in [0.29, 0.717) is 129 Å². The van der Waals surface area contributed by atoms with Gasteiger partial charge >= 0.3 is 101 Å². The highest BCUT2D eigenvalue weighted by Crippen LogP contribution is 2.67. The number of Topliss-reactive ketones (excluding diaryl/α,β-unsaturated/α-hetero) is 1. The highest BCUT2D eigenvalue weighted by molar-refractivity contribution is 7.87. The number of carbonyl (C=O) groups excluding carboxylic acids is 11. The molecule has 0 radical (unpaired) electrons. The van der Waals surface area contributed by atoms with Crippen molar-refractivity contribution in [3.05, 3.63) is 0 Å². The fourth-order valence-corrected chi connectivity index (χ4v) is 30.7. The zero-order chi connectivity index (χ0) is 94.3. The normalized spacial score (nSPS) is 42.8. The number of carbonyl (C=O) groups is 11. The fourth-order valence-electron chi connectivity index (χ4n) is 28.8. The van der Waals surface area contributed by atoms with Gasteiger partial charge in [-0.3, -0.25) is 23.4 Å². The third-order valence-corrected chi connectivity index (χ3v) is 34.5. The Morgan fingerprint density at radius 2 is 0.823 bits per heavy atom. The van der Waals surface area contributed by atoms with Gasteiger partial charge in [-0.25, -0.2) is 33.6 Å². The van der Waals surface area contributed by atoms with Crippen molar-refractivity contribution in [2.75, 3.05) is 20.3 Å². The Labute approximate surface area is 743 Å². The monoisotopic (exact) mass is 1900 g/mol. The van der Waals surface area contributed by atoms with Crippen molar-refractivity contribution in [2.45, 2.75) is 336 Å². The maximum atomic E-state index is 13.5. The fraction of sp³-hybridized carbons (Fsp3) is 0.878. The second kappa shape index (κ2) is 34.5. The minimum atomic E-state index is -3.65. The average molecular weight is 1900 g/mol. The zero-order valence-electron chi connectivity index (χ0n) is 73.1. The highest BCUT2D eigenvalue weighted by Gasteiger charge is 2.73. The van der Waals surface area contributed by atoms with Crippen LogP contribution in [-0.2, 0) is 114 Å². The van der Waals surface area contributed by atoms with Crippen LogP contribution in [0.3, 0.4) is 0 Å². The second-order valence-corrected chi connectivity index (χ2v) is 45.0. The Bertz CT molecular complexity index is 4410. The molecular weight excluding hydrogens is 1780 g/mol. The van der Waals surface area contributed by atoms with Crippen LogP contribution in [0, 0.1) is 135 Å². The molecule has 40 heteroatoms. The molecule has 732 valence electrons. The molecule has 3 heterocycles. The molecule has 25 nitrogen and oxygen atoms in total. The van der Waals surface area contributed by atoms with E-state index in [1.807, 2.05) is 6.92 Å². The van der Waals surface area contributed by atoms with Crippen molar-refractivity contribution in [3.8, 4) is 0 Å². The lowest BCUT2D eigenvalue weighted by Gasteiger charge is -2.59. The van der Waals surface area contributed by atoms with E-state index in [1.54, 1.807) is 0 Å². The van der Waals surface area contributed by atoms with Crippen molar-refractivity contribution >= 4 is 75.6 Å². The van der Waals surface area contributed by atoms with Crippen molar-refractivity contribution in [2.24, 2.45) is 135 Å². The maximum Gasteiger partial charge on any atom is 0.377 e. The Kier molecular flexibility index (Phi) is 26.3. The van der Waals surface area contributed by atoms with Crippen LogP contribution in [0.25, 0.3) is 0 Å². The van der Waals surface area contributed by atoms with Crippen LogP contribution >= 0.6 is 0 Å². The number of methoxy groups -OCH3 is 1. The van der Waals surface area contributed by atoms with E-state index in [0.717, 1.165) is 133 Å². The van der Waals surface area contributed by atoms with Crippen molar-refractivity contribution < 1.29 is 179 Å². The molecule has 20 unspecified atom stereocenters. The number of ketones is 1. The molecular formula is C90H118F14O25S. The first-order valence-electron chi connectivity index (χ1n) is 45.2. The summed E-state index contributed by atoms with van der Waals surface area (Å²) in [6, 6.07) is 0. The quantitative estimate of drug-likeness (QED) is 0.0612. The van der Waals surface area contributed by atoms with Crippen LogP contribution < -0.4 is 0 Å². The summed E-state index contributed by atoms with van der Waals surface area (Å²) in [7, 11) is -2.70. The number of hydrogen-bond acceptors (Lipinski definition) is 25. The van der Waals surface area contributed by atoms with E-state index in [2.05, 4.69) is 4.74 Å². The number of ether oxygens (including phenoxy) is 10. The predicted molar refractivity (Wildman–Crippen MR) is 418 cm³/mol. The first-order valence-corrected chi connectivity index (χ1v) is 46.7. The lowest BCUT2D eigenvalue weighted by atomic mass is 9.48. The molecule has 1 N–H and O–H groups in total. The number of alkyl halides is 14. The third-order valence-electron chi connectivity index (χ3n) is 32.7. The van der Waals surface area contributed by atoms with Gasteiger partial charge < -0.3 is 52.5 Å². The zero-order valence-corrected chi connectivity index (χ0v) is 73.9. The van der Waals surface area contributed by atoms with Gasteiger partial charge in [0.1, 0.15) is 53.6 Å². The van der Waals surface area contributed by atoms with Crippen LogP contribution in [-0.4, -0.2) is 199 Å². The standard InChI is InChI=1S/C23H28F2O6.C14H20F2O3.C14H20F2O2.C13H16F2O3.C11H12F2O4.C10H12F2O5S.C4H6F2O2.CH4/c1-22(11-4-9-3-10(6-11)7-12(22)5-9)31-20(27)16-14-8-13-15(16)19(26)29-17(13)18(14)30-21(28)23(2,24)25;1-12(15,16)11(17)19-8-13-3-9-2-10(4-13)6-14(18,5-9)7-13;1-13(15,16)12(17)18-8-14-5-9-2-10(6-14)4-11(3-9)7-14;1-12(14,15)11(17)18-13-4-7-2-8(5-13)10(16)9(3-7)6-13;1-11(12,13)10(15)17-7-4-2-5-6(3-4)9(14)16-8(5)7;1-10(11,12)9(13)16-7-4-2-5-6(3-4)18(14,15)17-8(5)7;1-4(5,6)3(7)8-2;/h9-18H,3-8H2,1-2H3;9-10,18H,2-8H2,1H3;9-11H,2-8H2,1H3;7-9H,2-6H2,1H3;4-8H,2-3H2,1H3;4-8H,2-3H2,1H3;1-2H3;1H4. The molecule has 20 atom stereocenters. The number of esters is 10. The van der Waals surface area contributed by atoms with Crippen LogP contribution in [0.15, 0.2) is 0 Å². The molecule has 0 aromatic carbocycles. The summed E-state index contributed by atoms with van der Waals surface area (Å²) in [6.45, 7) is 5.92. The molecule has 0 amide bonds. The largest absolute Gasteiger partial charge is 0.465 e. The van der Waals surface area contributed by atoms with Gasteiger partial charge in [0, 0.05) is 107 Å². The van der Waals surface area contributed by atoms with E-state index in [-0.39, 0.29) is 90.6 Å². The number of fused-ring (bicyclic) bond motifs is 3. The van der Waals surface area contributed by atoms with Gasteiger partial charge in [-0.05, 0) is 239 Å². The van der Waals surface area contributed by atoms with E-state index in [4.69, 9.17) is 46.8 Å². The Morgan fingerprint density at radius 1 is 0.415 bits per heavy atom. The van der Waals surface area contributed by atoms with Crippen LogP contribution in [0.2, 0.25) is 0 Å². The van der Waals surface area contributed by atoms with Crippen LogP contribution in [0.5, 0.6) is 0 Å². The van der Waals surface area contributed by atoms with Crippen LogP contribution in [0.1, 0.15) is 236 Å². The summed E-state index contributed by atoms with van der Waals surface area (Å²) in [4.78, 5) is 127. The first-order chi connectivity index (χ1) is 59.5. The van der Waals surface area contributed by atoms with E-state index in [1.165, 1.54) is 25.7 Å². The minimum Gasteiger partial charge on any atom is -0.465 e. The average Bonchev–Trinajstić information content (AvgIpc) is 1.55. The van der Waals surface area contributed by atoms with Crippen molar-refractivity contribution in [1.82, 2.24) is 0 Å². The van der Waals surface area contributed by atoms with Gasteiger partial charge in [0.15, 0.2) is 0 Å². The van der Waals surface area contributed by atoms with Gasteiger partial charge in [-0.1, -0.05) is 7.43 Å². The highest BCUT2D eigenvalue weighted by atomic mass is 32.2. The smallest absolute Gasteiger partial charge is 0.377 e. The second-order valence-electron chi connectivity index (χ2n) is 43.2. The van der Waals surface area contributed by atoms with Crippen molar-refractivity contribution in [3.63, 3.8) is 0 Å². The number of aliphatic hydroxyl groups is 1. The molecule has 22 saturated carbocycles. The number of hydrogen-bond donors (Lipinski definition) is 1.